The van der Waals surface area contributed by atoms with Gasteiger partial charge < -0.3 is 19.7 Å². The Labute approximate surface area is 210 Å². The molecule has 0 bridgehead atoms. The van der Waals surface area contributed by atoms with Crippen LogP contribution in [0.2, 0.25) is 0 Å². The number of fused-ring (bicyclic) bond motifs is 2. The molecule has 0 radical (unpaired) electrons. The van der Waals surface area contributed by atoms with Crippen molar-refractivity contribution >= 4 is 11.8 Å². The third-order valence-corrected chi connectivity index (χ3v) is 7.27. The maximum Gasteiger partial charge on any atom is 0.272 e. The van der Waals surface area contributed by atoms with Gasteiger partial charge in [0.25, 0.3) is 11.8 Å². The molecule has 3 heterocycles. The molecule has 8 heteroatoms. The highest BCUT2D eigenvalue weighted by Gasteiger charge is 2.37. The topological polar surface area (TPSA) is 85.7 Å². The Morgan fingerprint density at radius 1 is 1.14 bits per heavy atom. The zero-order chi connectivity index (χ0) is 24.6. The van der Waals surface area contributed by atoms with Gasteiger partial charge in [0.15, 0.2) is 11.8 Å². The molecule has 0 spiro atoms. The van der Waals surface area contributed by atoms with Gasteiger partial charge in [-0.2, -0.15) is 5.10 Å². The predicted molar refractivity (Wildman–Crippen MR) is 133 cm³/mol. The normalized spacial score (nSPS) is 18.2. The van der Waals surface area contributed by atoms with Gasteiger partial charge in [0.2, 0.25) is 0 Å². The summed E-state index contributed by atoms with van der Waals surface area (Å²) >= 11 is 0. The molecule has 186 valence electrons. The predicted octanol–water partition coefficient (Wildman–Crippen LogP) is 2.92. The van der Waals surface area contributed by atoms with E-state index in [1.807, 2.05) is 46.0 Å². The lowest BCUT2D eigenvalue weighted by molar-refractivity contribution is -0.138. The van der Waals surface area contributed by atoms with Crippen LogP contribution in [0.1, 0.15) is 45.7 Å². The Morgan fingerprint density at radius 3 is 2.69 bits per heavy atom. The lowest BCUT2D eigenvalue weighted by Gasteiger charge is -2.29. The Hall–Kier alpha value is -3.81. The van der Waals surface area contributed by atoms with E-state index >= 15 is 0 Å². The van der Waals surface area contributed by atoms with Gasteiger partial charge in [-0.1, -0.05) is 30.3 Å². The molecule has 1 fully saturated rings. The van der Waals surface area contributed by atoms with E-state index in [4.69, 9.17) is 14.6 Å². The minimum absolute atomic E-state index is 0.0311. The molecule has 36 heavy (non-hydrogen) atoms. The van der Waals surface area contributed by atoms with Crippen LogP contribution in [0.3, 0.4) is 0 Å². The molecule has 1 N–H and O–H groups in total. The Morgan fingerprint density at radius 2 is 1.94 bits per heavy atom. The Bertz CT molecular complexity index is 1270. The van der Waals surface area contributed by atoms with Gasteiger partial charge in [0, 0.05) is 49.8 Å². The maximum absolute atomic E-state index is 13.4. The Balaban J connectivity index is 1.21. The third kappa shape index (κ3) is 4.43. The van der Waals surface area contributed by atoms with E-state index in [0.29, 0.717) is 38.2 Å². The van der Waals surface area contributed by atoms with E-state index in [2.05, 4.69) is 17.4 Å². The first-order valence-electron chi connectivity index (χ1n) is 12.6. The first-order valence-corrected chi connectivity index (χ1v) is 12.6. The highest BCUT2D eigenvalue weighted by molar-refractivity contribution is 5.94. The lowest BCUT2D eigenvalue weighted by atomic mass is 10.0. The van der Waals surface area contributed by atoms with Crippen LogP contribution in [0, 0.1) is 0 Å². The first kappa shape index (κ1) is 22.6. The van der Waals surface area contributed by atoms with Crippen LogP contribution in [-0.2, 0) is 37.1 Å². The van der Waals surface area contributed by atoms with Crippen LogP contribution in [0.15, 0.2) is 48.5 Å². The van der Waals surface area contributed by atoms with Crippen LogP contribution in [-0.4, -0.2) is 52.3 Å². The minimum atomic E-state index is -0.516. The Kier molecular flexibility index (Phi) is 5.87. The number of rotatable bonds is 7. The zero-order valence-corrected chi connectivity index (χ0v) is 20.4. The van der Waals surface area contributed by atoms with Gasteiger partial charge in [-0.15, -0.1) is 0 Å². The number of benzene rings is 2. The lowest BCUT2D eigenvalue weighted by Crippen LogP contribution is -2.44. The fourth-order valence-electron chi connectivity index (χ4n) is 5.08. The summed E-state index contributed by atoms with van der Waals surface area (Å²) in [4.78, 5) is 28.3. The summed E-state index contributed by atoms with van der Waals surface area (Å²) in [5.41, 5.74) is 4.58. The number of hydrogen-bond donors (Lipinski definition) is 1. The summed E-state index contributed by atoms with van der Waals surface area (Å²) in [5.74, 6) is 1.44. The fourth-order valence-corrected chi connectivity index (χ4v) is 5.08. The van der Waals surface area contributed by atoms with Crippen molar-refractivity contribution in [3.8, 4) is 11.5 Å². The average Bonchev–Trinajstić information content (AvgIpc) is 3.49. The number of amides is 2. The van der Waals surface area contributed by atoms with Crippen molar-refractivity contribution in [1.29, 1.82) is 0 Å². The van der Waals surface area contributed by atoms with Gasteiger partial charge in [-0.3, -0.25) is 14.3 Å². The summed E-state index contributed by atoms with van der Waals surface area (Å²) in [6, 6.07) is 16.0. The molecule has 2 aliphatic heterocycles. The number of methoxy groups -OCH3 is 1. The van der Waals surface area contributed by atoms with Crippen LogP contribution >= 0.6 is 0 Å². The number of aromatic nitrogens is 2. The summed E-state index contributed by atoms with van der Waals surface area (Å²) in [7, 11) is 1.66. The summed E-state index contributed by atoms with van der Waals surface area (Å²) in [5, 5.41) is 7.83. The molecule has 1 atom stereocenters. The fraction of sp³-hybridized carbons (Fsp3) is 0.393. The van der Waals surface area contributed by atoms with Gasteiger partial charge >= 0.3 is 0 Å². The van der Waals surface area contributed by atoms with Crippen molar-refractivity contribution in [3.63, 3.8) is 0 Å². The smallest absolute Gasteiger partial charge is 0.272 e. The van der Waals surface area contributed by atoms with Crippen molar-refractivity contribution in [3.05, 3.63) is 76.6 Å². The summed E-state index contributed by atoms with van der Waals surface area (Å²) < 4.78 is 13.2. The number of nitrogens with zero attached hydrogens (tertiary/aromatic N) is 3. The SMILES string of the molecule is COc1ccc(CCn2nc(C(=O)NC3CC3)c3c2CCN(C(=O)C2Cc4ccccc4O2)C3)cc1. The molecule has 1 aromatic heterocycles. The number of hydrogen-bond acceptors (Lipinski definition) is 5. The molecule has 6 rings (SSSR count). The second-order valence-electron chi connectivity index (χ2n) is 9.77. The van der Waals surface area contributed by atoms with Crippen molar-refractivity contribution in [1.82, 2.24) is 20.0 Å². The van der Waals surface area contributed by atoms with E-state index in [1.165, 1.54) is 5.56 Å². The average molecular weight is 487 g/mol. The largest absolute Gasteiger partial charge is 0.497 e. The second-order valence-corrected chi connectivity index (χ2v) is 9.77. The molecular weight excluding hydrogens is 456 g/mol. The van der Waals surface area contributed by atoms with Crippen LogP contribution in [0.25, 0.3) is 0 Å². The van der Waals surface area contributed by atoms with Crippen LogP contribution in [0.4, 0.5) is 0 Å². The summed E-state index contributed by atoms with van der Waals surface area (Å²) in [6.07, 6.45) is 3.53. The number of nitrogens with one attached hydrogen (secondary N) is 1. The van der Waals surface area contributed by atoms with Crippen molar-refractivity contribution in [2.75, 3.05) is 13.7 Å². The van der Waals surface area contributed by atoms with Gasteiger partial charge in [0.1, 0.15) is 11.5 Å². The number of ether oxygens (including phenoxy) is 2. The van der Waals surface area contributed by atoms with E-state index in [0.717, 1.165) is 47.6 Å². The van der Waals surface area contributed by atoms with E-state index in [1.54, 1.807) is 7.11 Å². The van der Waals surface area contributed by atoms with Gasteiger partial charge in [-0.05, 0) is 48.6 Å². The molecule has 2 aromatic carbocycles. The molecular formula is C28H30N4O4. The van der Waals surface area contributed by atoms with Gasteiger partial charge in [0.05, 0.1) is 7.11 Å². The molecule has 3 aliphatic rings. The van der Waals surface area contributed by atoms with E-state index in [9.17, 15) is 9.59 Å². The van der Waals surface area contributed by atoms with Crippen LogP contribution < -0.4 is 14.8 Å². The molecule has 1 saturated carbocycles. The number of carbonyl (C=O) groups is 2. The minimum Gasteiger partial charge on any atom is -0.497 e. The summed E-state index contributed by atoms with van der Waals surface area (Å²) in [6.45, 7) is 1.63. The standard InChI is InChI=1S/C28H30N4O4/c1-35-21-10-6-18(7-11-21)12-15-32-23-13-14-31(17-22(23)26(30-32)27(33)29-20-8-9-20)28(34)25-16-19-4-2-3-5-24(19)36-25/h2-7,10-11,20,25H,8-9,12-17H2,1H3,(H,29,33). The monoisotopic (exact) mass is 486 g/mol. The third-order valence-electron chi connectivity index (χ3n) is 7.27. The molecule has 2 amide bonds. The molecule has 3 aromatic rings. The van der Waals surface area contributed by atoms with Crippen LogP contribution in [0.5, 0.6) is 11.5 Å². The van der Waals surface area contributed by atoms with Crippen molar-refractivity contribution in [2.45, 2.75) is 57.3 Å². The number of para-hydroxylation sites is 1. The van der Waals surface area contributed by atoms with Gasteiger partial charge in [-0.25, -0.2) is 0 Å². The quantitative estimate of drug-likeness (QED) is 0.555. The molecule has 1 unspecified atom stereocenters. The number of aryl methyl sites for hydroxylation is 2. The van der Waals surface area contributed by atoms with Crippen molar-refractivity contribution < 1.29 is 19.1 Å². The highest BCUT2D eigenvalue weighted by atomic mass is 16.5. The second kappa shape index (κ2) is 9.33. The maximum atomic E-state index is 13.4. The van der Waals surface area contributed by atoms with Crippen molar-refractivity contribution in [2.24, 2.45) is 0 Å². The highest BCUT2D eigenvalue weighted by Crippen LogP contribution is 2.31. The first-order chi connectivity index (χ1) is 17.6. The molecule has 8 nitrogen and oxygen atoms in total. The molecule has 1 aliphatic carbocycles. The zero-order valence-electron chi connectivity index (χ0n) is 20.4. The van der Waals surface area contributed by atoms with E-state index in [-0.39, 0.29) is 17.9 Å². The number of carbonyl (C=O) groups excluding carboxylic acids is 2. The van der Waals surface area contributed by atoms with E-state index < -0.39 is 6.10 Å². The molecule has 0 saturated heterocycles.